The Morgan fingerprint density at radius 2 is 2.43 bits per heavy atom. The van der Waals surface area contributed by atoms with Crippen molar-refractivity contribution < 1.29 is 5.11 Å². The van der Waals surface area contributed by atoms with Gasteiger partial charge in [0.25, 0.3) is 0 Å². The first-order chi connectivity index (χ1) is 6.68. The van der Waals surface area contributed by atoms with E-state index in [4.69, 9.17) is 5.73 Å². The molecule has 3 heteroatoms. The summed E-state index contributed by atoms with van der Waals surface area (Å²) in [7, 11) is 0. The zero-order valence-corrected chi connectivity index (χ0v) is 8.35. The van der Waals surface area contributed by atoms with Crippen molar-refractivity contribution >= 4 is 5.69 Å². The van der Waals surface area contributed by atoms with Gasteiger partial charge >= 0.3 is 0 Å². The second-order valence-corrected chi connectivity index (χ2v) is 4.22. The summed E-state index contributed by atoms with van der Waals surface area (Å²) in [6.07, 6.45) is 4.93. The van der Waals surface area contributed by atoms with Gasteiger partial charge in [0.2, 0.25) is 0 Å². The van der Waals surface area contributed by atoms with Gasteiger partial charge < -0.3 is 10.8 Å². The second kappa shape index (κ2) is 3.58. The van der Waals surface area contributed by atoms with Crippen molar-refractivity contribution in [2.45, 2.75) is 25.9 Å². The first-order valence-electron chi connectivity index (χ1n) is 5.05. The molecule has 3 atom stereocenters. The molecule has 0 amide bonds. The average molecular weight is 192 g/mol. The van der Waals surface area contributed by atoms with E-state index in [0.717, 1.165) is 17.7 Å². The first-order valence-corrected chi connectivity index (χ1v) is 5.05. The maximum absolute atomic E-state index is 9.85. The Morgan fingerprint density at radius 1 is 1.71 bits per heavy atom. The van der Waals surface area contributed by atoms with E-state index in [1.54, 1.807) is 18.5 Å². The Labute approximate surface area is 84.0 Å². The molecule has 3 N–H and O–H groups in total. The third kappa shape index (κ3) is 1.87. The van der Waals surface area contributed by atoms with E-state index in [0.29, 0.717) is 18.3 Å². The van der Waals surface area contributed by atoms with Crippen molar-refractivity contribution in [1.29, 1.82) is 0 Å². The third-order valence-corrected chi connectivity index (χ3v) is 3.04. The number of hydrogen-bond donors (Lipinski definition) is 2. The SMILES string of the molecule is CC1CC1C(O)Cc1cnccc1N. The molecule has 1 aliphatic carbocycles. The zero-order chi connectivity index (χ0) is 10.1. The number of aliphatic hydroxyl groups is 1. The molecule has 3 nitrogen and oxygen atoms in total. The van der Waals surface area contributed by atoms with Crippen molar-refractivity contribution in [3.63, 3.8) is 0 Å². The van der Waals surface area contributed by atoms with Gasteiger partial charge in [0.1, 0.15) is 0 Å². The fourth-order valence-electron chi connectivity index (χ4n) is 1.87. The van der Waals surface area contributed by atoms with Crippen LogP contribution in [-0.2, 0) is 6.42 Å². The Hall–Kier alpha value is -1.09. The van der Waals surface area contributed by atoms with Gasteiger partial charge in [-0.25, -0.2) is 0 Å². The van der Waals surface area contributed by atoms with Crippen LogP contribution in [0.15, 0.2) is 18.5 Å². The lowest BCUT2D eigenvalue weighted by atomic mass is 10.0. The summed E-state index contributed by atoms with van der Waals surface area (Å²) in [5.41, 5.74) is 7.46. The Morgan fingerprint density at radius 3 is 3.00 bits per heavy atom. The third-order valence-electron chi connectivity index (χ3n) is 3.04. The van der Waals surface area contributed by atoms with Gasteiger partial charge in [-0.2, -0.15) is 0 Å². The van der Waals surface area contributed by atoms with Crippen LogP contribution in [-0.4, -0.2) is 16.2 Å². The number of pyridine rings is 1. The van der Waals surface area contributed by atoms with Crippen LogP contribution in [0.25, 0.3) is 0 Å². The van der Waals surface area contributed by atoms with Crippen LogP contribution >= 0.6 is 0 Å². The largest absolute Gasteiger partial charge is 0.398 e. The molecular formula is C11H16N2O. The summed E-state index contributed by atoms with van der Waals surface area (Å²) >= 11 is 0. The first kappa shape index (κ1) is 9.46. The molecular weight excluding hydrogens is 176 g/mol. The molecule has 76 valence electrons. The van der Waals surface area contributed by atoms with Crippen molar-refractivity contribution in [3.05, 3.63) is 24.0 Å². The predicted molar refractivity (Wildman–Crippen MR) is 55.6 cm³/mol. The molecule has 1 heterocycles. The fraction of sp³-hybridized carbons (Fsp3) is 0.545. The van der Waals surface area contributed by atoms with Gasteiger partial charge in [-0.1, -0.05) is 6.92 Å². The topological polar surface area (TPSA) is 59.1 Å². The van der Waals surface area contributed by atoms with Crippen molar-refractivity contribution in [1.82, 2.24) is 4.98 Å². The van der Waals surface area contributed by atoms with Crippen LogP contribution in [0.5, 0.6) is 0 Å². The highest BCUT2D eigenvalue weighted by atomic mass is 16.3. The lowest BCUT2D eigenvalue weighted by Crippen LogP contribution is -2.15. The highest BCUT2D eigenvalue weighted by molar-refractivity contribution is 5.44. The maximum Gasteiger partial charge on any atom is 0.0612 e. The summed E-state index contributed by atoms with van der Waals surface area (Å²) in [5, 5.41) is 9.85. The summed E-state index contributed by atoms with van der Waals surface area (Å²) in [5.74, 6) is 1.14. The molecule has 1 aromatic rings. The van der Waals surface area contributed by atoms with E-state index < -0.39 is 0 Å². The molecule has 1 aromatic heterocycles. The van der Waals surface area contributed by atoms with Crippen LogP contribution < -0.4 is 5.73 Å². The number of nitrogens with two attached hydrogens (primary N) is 1. The van der Waals surface area contributed by atoms with Crippen LogP contribution in [0.3, 0.4) is 0 Å². The molecule has 0 spiro atoms. The second-order valence-electron chi connectivity index (χ2n) is 4.22. The molecule has 2 rings (SSSR count). The molecule has 0 aliphatic heterocycles. The van der Waals surface area contributed by atoms with E-state index >= 15 is 0 Å². The average Bonchev–Trinajstić information content (AvgIpc) is 2.87. The van der Waals surface area contributed by atoms with Crippen LogP contribution in [0.4, 0.5) is 5.69 Å². The molecule has 1 aliphatic rings. The van der Waals surface area contributed by atoms with E-state index in [-0.39, 0.29) is 6.10 Å². The Balaban J connectivity index is 2.00. The zero-order valence-electron chi connectivity index (χ0n) is 8.35. The summed E-state index contributed by atoms with van der Waals surface area (Å²) in [4.78, 5) is 4.01. The van der Waals surface area contributed by atoms with Gasteiger partial charge in [0, 0.05) is 24.5 Å². The highest BCUT2D eigenvalue weighted by Crippen LogP contribution is 2.41. The predicted octanol–water partition coefficient (Wildman–Crippen LogP) is 1.22. The smallest absolute Gasteiger partial charge is 0.0612 e. The number of hydrogen-bond acceptors (Lipinski definition) is 3. The Bertz CT molecular complexity index is 327. The maximum atomic E-state index is 9.85. The molecule has 1 fully saturated rings. The van der Waals surface area contributed by atoms with Gasteiger partial charge in [-0.3, -0.25) is 4.98 Å². The quantitative estimate of drug-likeness (QED) is 0.757. The number of rotatable bonds is 3. The lowest BCUT2D eigenvalue weighted by molar-refractivity contribution is 0.146. The molecule has 1 saturated carbocycles. The standard InChI is InChI=1S/C11H16N2O/c1-7-4-9(7)11(14)5-8-6-13-3-2-10(8)12/h2-3,6-7,9,11,14H,4-5H2,1H3,(H2,12,13). The van der Waals surface area contributed by atoms with Gasteiger partial charge in [0.15, 0.2) is 0 Å². The van der Waals surface area contributed by atoms with Crippen molar-refractivity contribution in [3.8, 4) is 0 Å². The molecule has 0 radical (unpaired) electrons. The van der Waals surface area contributed by atoms with Gasteiger partial charge in [0.05, 0.1) is 6.10 Å². The monoisotopic (exact) mass is 192 g/mol. The molecule has 0 saturated heterocycles. The number of nitrogens with zero attached hydrogens (tertiary/aromatic N) is 1. The van der Waals surface area contributed by atoms with Crippen molar-refractivity contribution in [2.75, 3.05) is 5.73 Å². The Kier molecular flexibility index (Phi) is 2.42. The van der Waals surface area contributed by atoms with Crippen LogP contribution in [0, 0.1) is 11.8 Å². The highest BCUT2D eigenvalue weighted by Gasteiger charge is 2.38. The summed E-state index contributed by atoms with van der Waals surface area (Å²) < 4.78 is 0. The normalized spacial score (nSPS) is 27.3. The van der Waals surface area contributed by atoms with Gasteiger partial charge in [-0.15, -0.1) is 0 Å². The number of aliphatic hydroxyl groups excluding tert-OH is 1. The van der Waals surface area contributed by atoms with Crippen LogP contribution in [0.1, 0.15) is 18.9 Å². The molecule has 3 unspecified atom stereocenters. The lowest BCUT2D eigenvalue weighted by Gasteiger charge is -2.10. The van der Waals surface area contributed by atoms with E-state index in [9.17, 15) is 5.11 Å². The molecule has 14 heavy (non-hydrogen) atoms. The van der Waals surface area contributed by atoms with Gasteiger partial charge in [-0.05, 0) is 29.9 Å². The number of nitrogen functional groups attached to an aromatic ring is 1. The number of aromatic nitrogens is 1. The minimum absolute atomic E-state index is 0.253. The number of anilines is 1. The minimum Gasteiger partial charge on any atom is -0.398 e. The summed E-state index contributed by atoms with van der Waals surface area (Å²) in [6.45, 7) is 2.17. The van der Waals surface area contributed by atoms with Crippen LogP contribution in [0.2, 0.25) is 0 Å². The van der Waals surface area contributed by atoms with E-state index in [1.165, 1.54) is 0 Å². The fourth-order valence-corrected chi connectivity index (χ4v) is 1.87. The molecule has 0 bridgehead atoms. The summed E-state index contributed by atoms with van der Waals surface area (Å²) in [6, 6.07) is 1.78. The molecule has 0 aromatic carbocycles. The minimum atomic E-state index is -0.253. The van der Waals surface area contributed by atoms with E-state index in [2.05, 4.69) is 11.9 Å². The van der Waals surface area contributed by atoms with E-state index in [1.807, 2.05) is 0 Å². The van der Waals surface area contributed by atoms with Crippen molar-refractivity contribution in [2.24, 2.45) is 11.8 Å².